The lowest BCUT2D eigenvalue weighted by Crippen LogP contribution is -2.36. The van der Waals surface area contributed by atoms with Crippen molar-refractivity contribution in [3.8, 4) is 0 Å². The Balaban J connectivity index is 2.98. The van der Waals surface area contributed by atoms with E-state index < -0.39 is 10.0 Å². The van der Waals surface area contributed by atoms with E-state index in [0.29, 0.717) is 4.90 Å². The number of benzene rings is 1. The molecule has 0 aliphatic carbocycles. The SMILES string of the molecule is CNC(C)c1ccc(S(=O)(=O)N(C)C(C)CSC)cc1. The molecule has 114 valence electrons. The highest BCUT2D eigenvalue weighted by atomic mass is 32.2. The molecule has 0 aromatic heterocycles. The first-order valence-corrected chi connectivity index (χ1v) is 9.42. The van der Waals surface area contributed by atoms with Gasteiger partial charge in [-0.3, -0.25) is 0 Å². The lowest BCUT2D eigenvalue weighted by atomic mass is 10.1. The molecule has 0 amide bonds. The van der Waals surface area contributed by atoms with Gasteiger partial charge in [0, 0.05) is 24.9 Å². The predicted octanol–water partition coefficient (Wildman–Crippen LogP) is 2.34. The van der Waals surface area contributed by atoms with Gasteiger partial charge < -0.3 is 5.32 Å². The smallest absolute Gasteiger partial charge is 0.243 e. The highest BCUT2D eigenvalue weighted by Gasteiger charge is 2.25. The third-order valence-corrected chi connectivity index (χ3v) is 6.32. The molecule has 2 atom stereocenters. The Kier molecular flexibility index (Phi) is 6.51. The largest absolute Gasteiger partial charge is 0.313 e. The van der Waals surface area contributed by atoms with E-state index in [1.54, 1.807) is 30.9 Å². The topological polar surface area (TPSA) is 49.4 Å². The fourth-order valence-electron chi connectivity index (χ4n) is 1.84. The molecule has 0 bridgehead atoms. The summed E-state index contributed by atoms with van der Waals surface area (Å²) in [5.74, 6) is 0.782. The van der Waals surface area contributed by atoms with Gasteiger partial charge in [0.15, 0.2) is 0 Å². The minimum absolute atomic E-state index is 0.0223. The van der Waals surface area contributed by atoms with E-state index in [0.717, 1.165) is 11.3 Å². The number of nitrogens with one attached hydrogen (secondary N) is 1. The van der Waals surface area contributed by atoms with E-state index in [1.807, 2.05) is 39.3 Å². The Labute approximate surface area is 127 Å². The third kappa shape index (κ3) is 3.97. The summed E-state index contributed by atoms with van der Waals surface area (Å²) in [5, 5.41) is 3.13. The van der Waals surface area contributed by atoms with E-state index in [4.69, 9.17) is 0 Å². The van der Waals surface area contributed by atoms with Gasteiger partial charge in [0.25, 0.3) is 0 Å². The highest BCUT2D eigenvalue weighted by molar-refractivity contribution is 7.98. The van der Waals surface area contributed by atoms with Crippen LogP contribution in [0.2, 0.25) is 0 Å². The van der Waals surface area contributed by atoms with Crippen molar-refractivity contribution in [1.29, 1.82) is 0 Å². The average Bonchev–Trinajstić information content (AvgIpc) is 2.45. The molecule has 6 heteroatoms. The predicted molar refractivity (Wildman–Crippen MR) is 86.7 cm³/mol. The van der Waals surface area contributed by atoms with Gasteiger partial charge in [-0.05, 0) is 44.8 Å². The Morgan fingerprint density at radius 1 is 1.25 bits per heavy atom. The lowest BCUT2D eigenvalue weighted by molar-refractivity contribution is 0.415. The summed E-state index contributed by atoms with van der Waals surface area (Å²) in [5.41, 5.74) is 1.08. The first-order chi connectivity index (χ1) is 9.34. The zero-order valence-electron chi connectivity index (χ0n) is 12.8. The van der Waals surface area contributed by atoms with Crippen LogP contribution in [0.15, 0.2) is 29.2 Å². The van der Waals surface area contributed by atoms with Gasteiger partial charge in [0.1, 0.15) is 0 Å². The number of sulfonamides is 1. The summed E-state index contributed by atoms with van der Waals surface area (Å²) in [6, 6.07) is 7.27. The zero-order chi connectivity index (χ0) is 15.3. The zero-order valence-corrected chi connectivity index (χ0v) is 14.4. The van der Waals surface area contributed by atoms with Crippen LogP contribution in [0.5, 0.6) is 0 Å². The van der Waals surface area contributed by atoms with E-state index >= 15 is 0 Å². The van der Waals surface area contributed by atoms with Crippen LogP contribution in [0.1, 0.15) is 25.5 Å². The second kappa shape index (κ2) is 7.45. The molecule has 4 nitrogen and oxygen atoms in total. The van der Waals surface area contributed by atoms with Crippen LogP contribution in [0.25, 0.3) is 0 Å². The van der Waals surface area contributed by atoms with Crippen LogP contribution < -0.4 is 5.32 Å². The molecule has 1 aromatic carbocycles. The number of hydrogen-bond acceptors (Lipinski definition) is 4. The molecule has 0 spiro atoms. The van der Waals surface area contributed by atoms with E-state index in [1.165, 1.54) is 4.31 Å². The van der Waals surface area contributed by atoms with Crippen molar-refractivity contribution in [3.63, 3.8) is 0 Å². The van der Waals surface area contributed by atoms with Gasteiger partial charge in [-0.2, -0.15) is 16.1 Å². The van der Waals surface area contributed by atoms with Crippen molar-refractivity contribution in [2.45, 2.75) is 30.8 Å². The summed E-state index contributed by atoms with van der Waals surface area (Å²) < 4.78 is 26.4. The molecule has 0 saturated carbocycles. The van der Waals surface area contributed by atoms with Crippen LogP contribution in [0.3, 0.4) is 0 Å². The van der Waals surface area contributed by atoms with Crippen LogP contribution in [0.4, 0.5) is 0 Å². The summed E-state index contributed by atoms with van der Waals surface area (Å²) in [6.07, 6.45) is 1.98. The Morgan fingerprint density at radius 3 is 2.25 bits per heavy atom. The minimum atomic E-state index is -3.41. The highest BCUT2D eigenvalue weighted by Crippen LogP contribution is 2.20. The van der Waals surface area contributed by atoms with Crippen LogP contribution >= 0.6 is 11.8 Å². The second-order valence-corrected chi connectivity index (χ2v) is 7.81. The van der Waals surface area contributed by atoms with Crippen LogP contribution in [0, 0.1) is 0 Å². The quantitative estimate of drug-likeness (QED) is 0.839. The molecule has 0 aliphatic rings. The first-order valence-electron chi connectivity index (χ1n) is 6.58. The Bertz CT molecular complexity index is 514. The molecule has 0 aliphatic heterocycles. The third-order valence-electron chi connectivity index (χ3n) is 3.52. The summed E-state index contributed by atoms with van der Waals surface area (Å²) in [4.78, 5) is 0.347. The molecule has 1 aromatic rings. The number of nitrogens with zero attached hydrogens (tertiary/aromatic N) is 1. The lowest BCUT2D eigenvalue weighted by Gasteiger charge is -2.24. The molecule has 2 unspecified atom stereocenters. The molecule has 0 saturated heterocycles. The van der Waals surface area contributed by atoms with Crippen LogP contribution in [-0.2, 0) is 10.0 Å². The molecule has 1 N–H and O–H groups in total. The maximum absolute atomic E-state index is 12.5. The maximum atomic E-state index is 12.5. The van der Waals surface area contributed by atoms with Gasteiger partial charge in [0.05, 0.1) is 4.90 Å². The maximum Gasteiger partial charge on any atom is 0.243 e. The number of thioether (sulfide) groups is 1. The monoisotopic (exact) mass is 316 g/mol. The molecule has 0 radical (unpaired) electrons. The molecule has 1 rings (SSSR count). The summed E-state index contributed by atoms with van der Waals surface area (Å²) in [7, 11) is 0.111. The van der Waals surface area contributed by atoms with E-state index in [2.05, 4.69) is 5.32 Å². The van der Waals surface area contributed by atoms with Crippen molar-refractivity contribution in [1.82, 2.24) is 9.62 Å². The fraction of sp³-hybridized carbons (Fsp3) is 0.571. The van der Waals surface area contributed by atoms with Gasteiger partial charge in [-0.1, -0.05) is 12.1 Å². The van der Waals surface area contributed by atoms with Crippen molar-refractivity contribution < 1.29 is 8.42 Å². The number of rotatable bonds is 7. The van der Waals surface area contributed by atoms with Gasteiger partial charge in [-0.15, -0.1) is 0 Å². The van der Waals surface area contributed by atoms with Gasteiger partial charge in [0.2, 0.25) is 10.0 Å². The molecule has 0 heterocycles. The Morgan fingerprint density at radius 2 is 1.80 bits per heavy atom. The average molecular weight is 316 g/mol. The number of hydrogen-bond donors (Lipinski definition) is 1. The normalized spacial score (nSPS) is 15.3. The molecular formula is C14H24N2O2S2. The van der Waals surface area contributed by atoms with Gasteiger partial charge in [-0.25, -0.2) is 8.42 Å². The Hall–Kier alpha value is -0.560. The standard InChI is InChI=1S/C14H24N2O2S2/c1-11(10-19-5)16(4)20(17,18)14-8-6-13(7-9-14)12(2)15-3/h6-9,11-12,15H,10H2,1-5H3. The minimum Gasteiger partial charge on any atom is -0.313 e. The van der Waals surface area contributed by atoms with Crippen molar-refractivity contribution in [2.75, 3.05) is 26.1 Å². The molecule has 20 heavy (non-hydrogen) atoms. The first kappa shape index (κ1) is 17.5. The second-order valence-electron chi connectivity index (χ2n) is 4.91. The van der Waals surface area contributed by atoms with Crippen LogP contribution in [-0.4, -0.2) is 44.9 Å². The summed E-state index contributed by atoms with van der Waals surface area (Å²) >= 11 is 1.64. The van der Waals surface area contributed by atoms with E-state index in [9.17, 15) is 8.42 Å². The molecule has 0 fully saturated rings. The summed E-state index contributed by atoms with van der Waals surface area (Å²) in [6.45, 7) is 3.96. The van der Waals surface area contributed by atoms with E-state index in [-0.39, 0.29) is 12.1 Å². The van der Waals surface area contributed by atoms with Crippen molar-refractivity contribution in [2.24, 2.45) is 0 Å². The van der Waals surface area contributed by atoms with Gasteiger partial charge >= 0.3 is 0 Å². The van der Waals surface area contributed by atoms with Crippen molar-refractivity contribution >= 4 is 21.8 Å². The molecular weight excluding hydrogens is 292 g/mol. The fourth-order valence-corrected chi connectivity index (χ4v) is 4.01. The van der Waals surface area contributed by atoms with Crippen molar-refractivity contribution in [3.05, 3.63) is 29.8 Å².